The molecule has 0 unspecified atom stereocenters. The third-order valence-corrected chi connectivity index (χ3v) is 6.89. The highest BCUT2D eigenvalue weighted by molar-refractivity contribution is 6.40. The van der Waals surface area contributed by atoms with Crippen LogP contribution in [0.4, 0.5) is 16.2 Å². The zero-order valence-electron chi connectivity index (χ0n) is 19.9. The molecule has 8 heteroatoms. The first-order valence-electron chi connectivity index (χ1n) is 11.2. The van der Waals surface area contributed by atoms with Crippen LogP contribution in [0.2, 0.25) is 5.02 Å². The number of amides is 4. The van der Waals surface area contributed by atoms with Crippen LogP contribution in [0.25, 0.3) is 6.08 Å². The maximum absolute atomic E-state index is 13.3. The van der Waals surface area contributed by atoms with E-state index in [1.54, 1.807) is 24.3 Å². The van der Waals surface area contributed by atoms with Crippen molar-refractivity contribution in [2.24, 2.45) is 0 Å². The zero-order chi connectivity index (χ0) is 24.8. The SMILES string of the molecule is CCOc1ccc(N2C(=O)NC(=O)/C(=C\c3cc4c(cc3Cl)N(C)C(C)(C)C[C@H]4C)C2=O)cc1. The number of urea groups is 1. The van der Waals surface area contributed by atoms with Crippen LogP contribution in [0.5, 0.6) is 5.75 Å². The van der Waals surface area contributed by atoms with Crippen LogP contribution in [-0.2, 0) is 9.59 Å². The van der Waals surface area contributed by atoms with Gasteiger partial charge < -0.3 is 9.64 Å². The standard InChI is InChI=1S/C26H28ClN3O4/c1-6-34-18-9-7-17(8-10-18)30-24(32)20(23(31)28-25(30)33)12-16-11-19-15(2)14-26(3,4)29(5)22(19)13-21(16)27/h7-13,15H,6,14H2,1-5H3,(H,28,31,33)/b20-12+/t15-/m1/s1. The van der Waals surface area contributed by atoms with E-state index in [0.29, 0.717) is 28.6 Å². The molecule has 4 amide bonds. The molecule has 2 aromatic carbocycles. The van der Waals surface area contributed by atoms with Crippen molar-refractivity contribution in [2.45, 2.75) is 45.6 Å². The highest BCUT2D eigenvalue weighted by Gasteiger charge is 2.38. The Morgan fingerprint density at radius 3 is 2.50 bits per heavy atom. The molecule has 2 heterocycles. The lowest BCUT2D eigenvalue weighted by Gasteiger charge is -2.45. The van der Waals surface area contributed by atoms with Crippen LogP contribution in [0.15, 0.2) is 42.0 Å². The number of ether oxygens (including phenoxy) is 1. The van der Waals surface area contributed by atoms with Crippen molar-refractivity contribution in [2.75, 3.05) is 23.5 Å². The number of hydrogen-bond acceptors (Lipinski definition) is 5. The number of benzene rings is 2. The summed E-state index contributed by atoms with van der Waals surface area (Å²) in [7, 11) is 2.04. The Bertz CT molecular complexity index is 1200. The summed E-state index contributed by atoms with van der Waals surface area (Å²) in [6.45, 7) is 8.89. The van der Waals surface area contributed by atoms with Crippen LogP contribution in [0.3, 0.4) is 0 Å². The first kappa shape index (κ1) is 23.8. The maximum atomic E-state index is 13.3. The van der Waals surface area contributed by atoms with Gasteiger partial charge >= 0.3 is 6.03 Å². The second-order valence-electron chi connectivity index (χ2n) is 9.29. The number of hydrogen-bond donors (Lipinski definition) is 1. The molecule has 0 aliphatic carbocycles. The molecule has 1 fully saturated rings. The molecule has 1 saturated heterocycles. The first-order valence-corrected chi connectivity index (χ1v) is 11.6. The monoisotopic (exact) mass is 481 g/mol. The zero-order valence-corrected chi connectivity index (χ0v) is 20.7. The second kappa shape index (κ2) is 8.80. The summed E-state index contributed by atoms with van der Waals surface area (Å²) >= 11 is 6.60. The minimum absolute atomic E-state index is 0.0203. The van der Waals surface area contributed by atoms with Crippen molar-refractivity contribution in [1.29, 1.82) is 0 Å². The molecule has 7 nitrogen and oxygen atoms in total. The van der Waals surface area contributed by atoms with Gasteiger partial charge in [-0.05, 0) is 86.7 Å². The van der Waals surface area contributed by atoms with Crippen molar-refractivity contribution in [3.63, 3.8) is 0 Å². The molecule has 0 saturated carbocycles. The second-order valence-corrected chi connectivity index (χ2v) is 9.70. The normalized spacial score (nSPS) is 20.9. The molecule has 0 spiro atoms. The molecule has 2 aliphatic heterocycles. The first-order chi connectivity index (χ1) is 16.0. The Kier molecular flexibility index (Phi) is 6.16. The highest BCUT2D eigenvalue weighted by atomic mass is 35.5. The fourth-order valence-electron chi connectivity index (χ4n) is 4.62. The van der Waals surface area contributed by atoms with E-state index >= 15 is 0 Å². The van der Waals surface area contributed by atoms with Gasteiger partial charge in [-0.2, -0.15) is 0 Å². The molecule has 0 bridgehead atoms. The maximum Gasteiger partial charge on any atom is 0.335 e. The predicted octanol–water partition coefficient (Wildman–Crippen LogP) is 5.13. The molecule has 1 atom stereocenters. The molecule has 34 heavy (non-hydrogen) atoms. The number of halogens is 1. The van der Waals surface area contributed by atoms with Gasteiger partial charge in [-0.25, -0.2) is 9.69 Å². The van der Waals surface area contributed by atoms with Gasteiger partial charge in [0.25, 0.3) is 11.8 Å². The van der Waals surface area contributed by atoms with Crippen molar-refractivity contribution < 1.29 is 19.1 Å². The van der Waals surface area contributed by atoms with Gasteiger partial charge in [-0.3, -0.25) is 14.9 Å². The van der Waals surface area contributed by atoms with E-state index in [9.17, 15) is 14.4 Å². The Labute approximate surface area is 204 Å². The largest absolute Gasteiger partial charge is 0.494 e. The van der Waals surface area contributed by atoms with E-state index < -0.39 is 17.8 Å². The van der Waals surface area contributed by atoms with E-state index in [0.717, 1.165) is 22.6 Å². The Morgan fingerprint density at radius 1 is 1.18 bits per heavy atom. The number of carbonyl (C=O) groups is 3. The van der Waals surface area contributed by atoms with E-state index in [-0.39, 0.29) is 17.0 Å². The van der Waals surface area contributed by atoms with E-state index in [1.165, 1.54) is 6.08 Å². The van der Waals surface area contributed by atoms with Gasteiger partial charge in [0.1, 0.15) is 11.3 Å². The average Bonchev–Trinajstić information content (AvgIpc) is 2.76. The van der Waals surface area contributed by atoms with Crippen molar-refractivity contribution >= 4 is 46.9 Å². The fraction of sp³-hybridized carbons (Fsp3) is 0.346. The molecular weight excluding hydrogens is 454 g/mol. The molecule has 1 N–H and O–H groups in total. The summed E-state index contributed by atoms with van der Waals surface area (Å²) < 4.78 is 5.42. The average molecular weight is 482 g/mol. The van der Waals surface area contributed by atoms with E-state index in [4.69, 9.17) is 16.3 Å². The Hall–Kier alpha value is -3.32. The van der Waals surface area contributed by atoms with Gasteiger partial charge in [0.05, 0.1) is 12.3 Å². The molecule has 0 radical (unpaired) electrons. The van der Waals surface area contributed by atoms with Gasteiger partial charge in [0, 0.05) is 23.3 Å². The number of nitrogens with zero attached hydrogens (tertiary/aromatic N) is 2. The molecule has 178 valence electrons. The molecule has 4 rings (SSSR count). The lowest BCUT2D eigenvalue weighted by Crippen LogP contribution is -2.54. The number of barbiturate groups is 1. The van der Waals surface area contributed by atoms with Crippen LogP contribution < -0.4 is 19.9 Å². The lowest BCUT2D eigenvalue weighted by atomic mass is 9.80. The van der Waals surface area contributed by atoms with Crippen molar-refractivity contribution in [3.8, 4) is 5.75 Å². The summed E-state index contributed by atoms with van der Waals surface area (Å²) in [6, 6.07) is 9.53. The molecular formula is C26H28ClN3O4. The van der Waals surface area contributed by atoms with Crippen LogP contribution in [-0.4, -0.2) is 37.0 Å². The Morgan fingerprint density at radius 2 is 1.85 bits per heavy atom. The van der Waals surface area contributed by atoms with Crippen molar-refractivity contribution in [1.82, 2.24) is 5.32 Å². The Balaban J connectivity index is 1.72. The van der Waals surface area contributed by atoms with Gasteiger partial charge in [0.15, 0.2) is 0 Å². The topological polar surface area (TPSA) is 79.0 Å². The van der Waals surface area contributed by atoms with Gasteiger partial charge in [-0.1, -0.05) is 18.5 Å². The van der Waals surface area contributed by atoms with Crippen LogP contribution in [0.1, 0.15) is 51.2 Å². The number of anilines is 2. The quantitative estimate of drug-likeness (QED) is 0.484. The third-order valence-electron chi connectivity index (χ3n) is 6.56. The number of imide groups is 2. The summed E-state index contributed by atoms with van der Waals surface area (Å²) in [5.41, 5.74) is 2.83. The summed E-state index contributed by atoms with van der Waals surface area (Å²) in [5, 5.41) is 2.68. The fourth-order valence-corrected chi connectivity index (χ4v) is 4.83. The summed E-state index contributed by atoms with van der Waals surface area (Å²) in [4.78, 5) is 41.5. The summed E-state index contributed by atoms with van der Waals surface area (Å²) in [5.74, 6) is -0.574. The highest BCUT2D eigenvalue weighted by Crippen LogP contribution is 2.44. The molecule has 0 aromatic heterocycles. The number of fused-ring (bicyclic) bond motifs is 1. The van der Waals surface area contributed by atoms with Gasteiger partial charge in [0.2, 0.25) is 0 Å². The van der Waals surface area contributed by atoms with Crippen LogP contribution in [0, 0.1) is 0 Å². The van der Waals surface area contributed by atoms with Gasteiger partial charge in [-0.15, -0.1) is 0 Å². The smallest absolute Gasteiger partial charge is 0.335 e. The van der Waals surface area contributed by atoms with E-state index in [1.807, 2.05) is 26.1 Å². The minimum Gasteiger partial charge on any atom is -0.494 e. The third kappa shape index (κ3) is 4.16. The molecule has 2 aliphatic rings. The molecule has 2 aromatic rings. The van der Waals surface area contributed by atoms with E-state index in [2.05, 4.69) is 31.0 Å². The summed E-state index contributed by atoms with van der Waals surface area (Å²) in [6.07, 6.45) is 2.41. The van der Waals surface area contributed by atoms with Crippen LogP contribution >= 0.6 is 11.6 Å². The lowest BCUT2D eigenvalue weighted by molar-refractivity contribution is -0.122. The predicted molar refractivity (Wildman–Crippen MR) is 134 cm³/mol. The number of rotatable bonds is 4. The minimum atomic E-state index is -0.801. The van der Waals surface area contributed by atoms with Crippen molar-refractivity contribution in [3.05, 3.63) is 58.1 Å². The number of nitrogens with one attached hydrogen (secondary N) is 1. The number of carbonyl (C=O) groups excluding carboxylic acids is 3.